The molecular formula is C22H26N2O2S2. The second-order valence-corrected chi connectivity index (χ2v) is 10.5. The maximum Gasteiger partial charge on any atom is 0.263 e. The minimum Gasteiger partial charge on any atom is -0.372 e. The molecule has 4 rings (SSSR count). The summed E-state index contributed by atoms with van der Waals surface area (Å²) in [5, 5.41) is 1.96. The van der Waals surface area contributed by atoms with E-state index in [2.05, 4.69) is 39.8 Å². The lowest BCUT2D eigenvalue weighted by Crippen LogP contribution is -2.29. The number of hydrogen-bond acceptors (Lipinski definition) is 5. The van der Waals surface area contributed by atoms with Crippen LogP contribution < -0.4 is 5.56 Å². The number of aromatic nitrogens is 2. The first-order valence-electron chi connectivity index (χ1n) is 9.81. The Hall–Kier alpha value is -1.63. The van der Waals surface area contributed by atoms with E-state index in [9.17, 15) is 4.79 Å². The number of nitrogens with zero attached hydrogens (tertiary/aromatic N) is 2. The predicted octanol–water partition coefficient (Wildman–Crippen LogP) is 5.10. The van der Waals surface area contributed by atoms with Gasteiger partial charge < -0.3 is 4.74 Å². The van der Waals surface area contributed by atoms with Gasteiger partial charge in [-0.2, -0.15) is 0 Å². The SMILES string of the molecule is CC(C)Sc1nc2sc3c(c2c(=O)n1Cc1ccccc1)CC(C(C)C)OC3. The molecule has 28 heavy (non-hydrogen) atoms. The molecule has 0 fully saturated rings. The quantitative estimate of drug-likeness (QED) is 0.430. The minimum absolute atomic E-state index is 0.0823. The maximum atomic E-state index is 13.6. The maximum absolute atomic E-state index is 13.6. The van der Waals surface area contributed by atoms with Crippen LogP contribution in [0.1, 0.15) is 43.7 Å². The number of benzene rings is 1. The molecule has 1 aromatic carbocycles. The molecule has 0 bridgehead atoms. The van der Waals surface area contributed by atoms with Gasteiger partial charge in [-0.3, -0.25) is 9.36 Å². The molecular weight excluding hydrogens is 388 g/mol. The molecule has 2 aromatic heterocycles. The van der Waals surface area contributed by atoms with Gasteiger partial charge in [0.2, 0.25) is 0 Å². The van der Waals surface area contributed by atoms with Crippen molar-refractivity contribution in [2.75, 3.05) is 0 Å². The van der Waals surface area contributed by atoms with Crippen molar-refractivity contribution in [3.05, 3.63) is 56.7 Å². The standard InChI is InChI=1S/C22H26N2O2S2/c1-13(2)17-10-16-18(12-26-17)28-20-19(16)21(25)24(22(23-20)27-14(3)4)11-15-8-6-5-7-9-15/h5-9,13-14,17H,10-12H2,1-4H3. The van der Waals surface area contributed by atoms with E-state index in [1.54, 1.807) is 23.1 Å². The Bertz CT molecular complexity index is 1040. The van der Waals surface area contributed by atoms with Gasteiger partial charge in [0.1, 0.15) is 4.83 Å². The van der Waals surface area contributed by atoms with Gasteiger partial charge in [0.05, 0.1) is 24.6 Å². The highest BCUT2D eigenvalue weighted by molar-refractivity contribution is 7.99. The van der Waals surface area contributed by atoms with E-state index >= 15 is 0 Å². The van der Waals surface area contributed by atoms with Gasteiger partial charge in [-0.05, 0) is 17.0 Å². The zero-order chi connectivity index (χ0) is 19.8. The molecule has 4 nitrogen and oxygen atoms in total. The van der Waals surface area contributed by atoms with Crippen molar-refractivity contribution in [3.8, 4) is 0 Å². The zero-order valence-electron chi connectivity index (χ0n) is 16.8. The van der Waals surface area contributed by atoms with Crippen LogP contribution in [0.25, 0.3) is 10.2 Å². The first-order chi connectivity index (χ1) is 13.4. The minimum atomic E-state index is 0.0823. The van der Waals surface area contributed by atoms with Crippen LogP contribution in [0.5, 0.6) is 0 Å². The molecule has 0 aliphatic carbocycles. The fourth-order valence-corrected chi connectivity index (χ4v) is 5.59. The van der Waals surface area contributed by atoms with Gasteiger partial charge in [-0.25, -0.2) is 4.98 Å². The van der Waals surface area contributed by atoms with Crippen molar-refractivity contribution in [1.29, 1.82) is 0 Å². The Balaban J connectivity index is 1.87. The Labute approximate surface area is 174 Å². The summed E-state index contributed by atoms with van der Waals surface area (Å²) in [5.74, 6) is 0.429. The van der Waals surface area contributed by atoms with E-state index in [-0.39, 0.29) is 11.7 Å². The number of hydrogen-bond donors (Lipinski definition) is 0. The zero-order valence-corrected chi connectivity index (χ0v) is 18.4. The van der Waals surface area contributed by atoms with Crippen molar-refractivity contribution in [3.63, 3.8) is 0 Å². The van der Waals surface area contributed by atoms with Gasteiger partial charge in [-0.1, -0.05) is 69.8 Å². The largest absolute Gasteiger partial charge is 0.372 e. The van der Waals surface area contributed by atoms with Crippen LogP contribution in [0.3, 0.4) is 0 Å². The molecule has 0 spiro atoms. The lowest BCUT2D eigenvalue weighted by molar-refractivity contribution is 0.00200. The molecule has 3 aromatic rings. The number of thioether (sulfide) groups is 1. The highest BCUT2D eigenvalue weighted by Crippen LogP contribution is 2.36. The highest BCUT2D eigenvalue weighted by Gasteiger charge is 2.28. The van der Waals surface area contributed by atoms with Crippen molar-refractivity contribution in [1.82, 2.24) is 9.55 Å². The molecule has 148 valence electrons. The molecule has 0 saturated carbocycles. The van der Waals surface area contributed by atoms with Crippen LogP contribution in [-0.2, 0) is 24.3 Å². The summed E-state index contributed by atoms with van der Waals surface area (Å²) in [6, 6.07) is 10.1. The molecule has 1 unspecified atom stereocenters. The normalized spacial score (nSPS) is 16.9. The molecule has 1 atom stereocenters. The van der Waals surface area contributed by atoms with E-state index in [4.69, 9.17) is 9.72 Å². The summed E-state index contributed by atoms with van der Waals surface area (Å²) in [5.41, 5.74) is 2.35. The number of thiophene rings is 1. The van der Waals surface area contributed by atoms with E-state index in [0.717, 1.165) is 37.8 Å². The number of fused-ring (bicyclic) bond motifs is 3. The molecule has 0 radical (unpaired) electrons. The highest BCUT2D eigenvalue weighted by atomic mass is 32.2. The van der Waals surface area contributed by atoms with Gasteiger partial charge in [0.25, 0.3) is 5.56 Å². The second kappa shape index (κ2) is 8.01. The van der Waals surface area contributed by atoms with Crippen LogP contribution in [0.15, 0.2) is 40.3 Å². The molecule has 1 aliphatic heterocycles. The molecule has 6 heteroatoms. The van der Waals surface area contributed by atoms with Crippen LogP contribution in [0.4, 0.5) is 0 Å². The lowest BCUT2D eigenvalue weighted by atomic mass is 9.96. The van der Waals surface area contributed by atoms with Crippen molar-refractivity contribution < 1.29 is 4.74 Å². The lowest BCUT2D eigenvalue weighted by Gasteiger charge is -2.26. The van der Waals surface area contributed by atoms with Crippen LogP contribution in [0, 0.1) is 5.92 Å². The number of ether oxygens (including phenoxy) is 1. The monoisotopic (exact) mass is 414 g/mol. The van der Waals surface area contributed by atoms with Gasteiger partial charge in [0.15, 0.2) is 5.16 Å². The summed E-state index contributed by atoms with van der Waals surface area (Å²) >= 11 is 3.27. The summed E-state index contributed by atoms with van der Waals surface area (Å²) in [6.07, 6.45) is 0.961. The fourth-order valence-electron chi connectivity index (χ4n) is 3.58. The molecule has 0 N–H and O–H groups in total. The fraction of sp³-hybridized carbons (Fsp3) is 0.455. The summed E-state index contributed by atoms with van der Waals surface area (Å²) in [7, 11) is 0. The van der Waals surface area contributed by atoms with E-state index in [0.29, 0.717) is 24.3 Å². The van der Waals surface area contributed by atoms with Crippen molar-refractivity contribution in [2.24, 2.45) is 5.92 Å². The van der Waals surface area contributed by atoms with Crippen molar-refractivity contribution in [2.45, 2.75) is 63.8 Å². The molecule has 1 aliphatic rings. The number of rotatable bonds is 5. The topological polar surface area (TPSA) is 44.1 Å². The molecule has 0 saturated heterocycles. The third-order valence-corrected chi connectivity index (χ3v) is 7.15. The Morgan fingerprint density at radius 1 is 1.25 bits per heavy atom. The predicted molar refractivity (Wildman–Crippen MR) is 118 cm³/mol. The van der Waals surface area contributed by atoms with E-state index in [1.165, 1.54) is 0 Å². The average Bonchev–Trinajstić information content (AvgIpc) is 3.02. The van der Waals surface area contributed by atoms with Crippen LogP contribution >= 0.6 is 23.1 Å². The summed E-state index contributed by atoms with van der Waals surface area (Å²) in [6.45, 7) is 9.75. The van der Waals surface area contributed by atoms with Gasteiger partial charge in [-0.15, -0.1) is 11.3 Å². The first-order valence-corrected chi connectivity index (χ1v) is 11.5. The summed E-state index contributed by atoms with van der Waals surface area (Å²) in [4.78, 5) is 20.6. The third kappa shape index (κ3) is 3.78. The first kappa shape index (κ1) is 19.7. The van der Waals surface area contributed by atoms with Crippen LogP contribution in [-0.4, -0.2) is 20.9 Å². The third-order valence-electron chi connectivity index (χ3n) is 5.06. The van der Waals surface area contributed by atoms with E-state index < -0.39 is 0 Å². The van der Waals surface area contributed by atoms with Gasteiger partial charge >= 0.3 is 0 Å². The van der Waals surface area contributed by atoms with E-state index in [1.807, 2.05) is 22.8 Å². The molecule has 0 amide bonds. The van der Waals surface area contributed by atoms with Gasteiger partial charge in [0, 0.05) is 16.5 Å². The molecule has 3 heterocycles. The Morgan fingerprint density at radius 3 is 2.68 bits per heavy atom. The van der Waals surface area contributed by atoms with Crippen LogP contribution in [0.2, 0.25) is 0 Å². The smallest absolute Gasteiger partial charge is 0.263 e. The summed E-state index contributed by atoms with van der Waals surface area (Å²) < 4.78 is 7.88. The average molecular weight is 415 g/mol. The second-order valence-electron chi connectivity index (χ2n) is 7.92. The Kier molecular flexibility index (Phi) is 5.63. The van der Waals surface area contributed by atoms with Crippen molar-refractivity contribution >= 4 is 33.3 Å². The Morgan fingerprint density at radius 2 is 2.00 bits per heavy atom.